The molecular formula is C22H25N3O3. The molecule has 0 saturated carbocycles. The van der Waals surface area contributed by atoms with Crippen LogP contribution in [0.4, 0.5) is 0 Å². The maximum Gasteiger partial charge on any atom is 0.254 e. The average Bonchev–Trinajstić information content (AvgIpc) is 3.17. The molecule has 6 heteroatoms. The van der Waals surface area contributed by atoms with Crippen LogP contribution in [0, 0.1) is 5.92 Å². The molecule has 4 fully saturated rings. The second-order valence-corrected chi connectivity index (χ2v) is 8.10. The normalized spacial score (nSPS) is 30.9. The average molecular weight is 379 g/mol. The lowest BCUT2D eigenvalue weighted by Gasteiger charge is -2.51. The van der Waals surface area contributed by atoms with E-state index in [2.05, 4.69) is 20.9 Å². The minimum atomic E-state index is 0.0482. The zero-order valence-corrected chi connectivity index (χ0v) is 16.0. The van der Waals surface area contributed by atoms with E-state index in [4.69, 9.17) is 4.74 Å². The minimum absolute atomic E-state index is 0.0482. The molecule has 3 atom stereocenters. The van der Waals surface area contributed by atoms with Gasteiger partial charge in [0.1, 0.15) is 5.75 Å². The lowest BCUT2D eigenvalue weighted by molar-refractivity contribution is -0.00342. The number of rotatable bonds is 3. The lowest BCUT2D eigenvalue weighted by atomic mass is 9.75. The van der Waals surface area contributed by atoms with Crippen LogP contribution in [-0.4, -0.2) is 64.6 Å². The number of ether oxygens (including phenoxy) is 1. The third-order valence-electron chi connectivity index (χ3n) is 6.74. The van der Waals surface area contributed by atoms with Gasteiger partial charge < -0.3 is 14.7 Å². The fourth-order valence-corrected chi connectivity index (χ4v) is 5.52. The number of amides is 1. The fraction of sp³-hybridized carbons (Fsp3) is 0.455. The first-order chi connectivity index (χ1) is 13.7. The molecule has 0 aliphatic carbocycles. The van der Waals surface area contributed by atoms with Gasteiger partial charge in [-0.25, -0.2) is 4.98 Å². The second kappa shape index (κ2) is 6.78. The quantitative estimate of drug-likeness (QED) is 0.888. The van der Waals surface area contributed by atoms with Crippen molar-refractivity contribution in [2.45, 2.75) is 30.8 Å². The maximum atomic E-state index is 13.5. The summed E-state index contributed by atoms with van der Waals surface area (Å²) in [5.41, 5.74) is 1.74. The number of benzene rings is 1. The van der Waals surface area contributed by atoms with Crippen molar-refractivity contribution in [3.8, 4) is 11.6 Å². The van der Waals surface area contributed by atoms with E-state index in [1.807, 2.05) is 12.1 Å². The molecule has 4 aliphatic rings. The number of nitrogens with zero attached hydrogens (tertiary/aromatic N) is 3. The molecule has 1 amide bonds. The number of fused-ring (bicyclic) bond motifs is 2. The van der Waals surface area contributed by atoms with E-state index in [-0.39, 0.29) is 23.6 Å². The van der Waals surface area contributed by atoms with Gasteiger partial charge in [-0.1, -0.05) is 12.1 Å². The number of piperidine rings is 3. The van der Waals surface area contributed by atoms with Crippen LogP contribution < -0.4 is 4.74 Å². The van der Waals surface area contributed by atoms with Crippen LogP contribution >= 0.6 is 0 Å². The molecule has 0 radical (unpaired) electrons. The van der Waals surface area contributed by atoms with Gasteiger partial charge in [-0.3, -0.25) is 9.69 Å². The summed E-state index contributed by atoms with van der Waals surface area (Å²) < 4.78 is 5.21. The van der Waals surface area contributed by atoms with Crippen LogP contribution in [0.15, 0.2) is 42.6 Å². The van der Waals surface area contributed by atoms with Crippen molar-refractivity contribution in [2.24, 2.45) is 5.92 Å². The number of aromatic nitrogens is 1. The van der Waals surface area contributed by atoms with Crippen LogP contribution in [-0.2, 0) is 0 Å². The van der Waals surface area contributed by atoms with Gasteiger partial charge in [0.25, 0.3) is 5.91 Å². The van der Waals surface area contributed by atoms with Crippen LogP contribution in [0.25, 0.3) is 0 Å². The smallest absolute Gasteiger partial charge is 0.254 e. The van der Waals surface area contributed by atoms with Gasteiger partial charge in [0.05, 0.1) is 13.2 Å². The molecule has 6 rings (SSSR count). The number of pyridine rings is 1. The third kappa shape index (κ3) is 2.75. The van der Waals surface area contributed by atoms with Crippen molar-refractivity contribution in [2.75, 3.05) is 26.7 Å². The molecule has 6 nitrogen and oxygen atoms in total. The number of hydrogen-bond acceptors (Lipinski definition) is 5. The summed E-state index contributed by atoms with van der Waals surface area (Å²) in [5, 5.41) is 10.00. The van der Waals surface area contributed by atoms with Crippen molar-refractivity contribution in [1.82, 2.24) is 14.8 Å². The highest BCUT2D eigenvalue weighted by Crippen LogP contribution is 2.47. The Hall–Kier alpha value is -2.60. The molecule has 28 heavy (non-hydrogen) atoms. The van der Waals surface area contributed by atoms with Gasteiger partial charge in [0.2, 0.25) is 5.88 Å². The van der Waals surface area contributed by atoms with Crippen molar-refractivity contribution in [3.63, 3.8) is 0 Å². The van der Waals surface area contributed by atoms with Crippen LogP contribution in [0.1, 0.15) is 34.7 Å². The van der Waals surface area contributed by atoms with E-state index >= 15 is 0 Å². The summed E-state index contributed by atoms with van der Waals surface area (Å²) in [7, 11) is 1.56. The largest absolute Gasteiger partial charge is 0.508 e. The van der Waals surface area contributed by atoms with Crippen LogP contribution in [0.2, 0.25) is 0 Å². The molecule has 1 N–H and O–H groups in total. The number of methoxy groups -OCH3 is 1. The summed E-state index contributed by atoms with van der Waals surface area (Å²) in [6, 6.07) is 11.6. The van der Waals surface area contributed by atoms with Crippen molar-refractivity contribution in [3.05, 3.63) is 53.7 Å². The molecule has 4 saturated heterocycles. The number of hydrogen-bond donors (Lipinski definition) is 1. The highest BCUT2D eigenvalue weighted by atomic mass is 16.5. The first-order valence-corrected chi connectivity index (χ1v) is 9.99. The summed E-state index contributed by atoms with van der Waals surface area (Å²) in [4.78, 5) is 22.2. The Labute approximate surface area is 164 Å². The second-order valence-electron chi connectivity index (χ2n) is 8.10. The molecule has 2 bridgehead atoms. The van der Waals surface area contributed by atoms with E-state index in [0.717, 1.165) is 31.5 Å². The summed E-state index contributed by atoms with van der Waals surface area (Å²) >= 11 is 0. The lowest BCUT2D eigenvalue weighted by Crippen LogP contribution is -2.60. The first kappa shape index (κ1) is 17.5. The van der Waals surface area contributed by atoms with E-state index in [1.54, 1.807) is 31.5 Å². The molecule has 1 aromatic heterocycles. The van der Waals surface area contributed by atoms with Gasteiger partial charge in [-0.05, 0) is 55.6 Å². The summed E-state index contributed by atoms with van der Waals surface area (Å²) in [6.45, 7) is 2.88. The van der Waals surface area contributed by atoms with E-state index in [0.29, 0.717) is 29.9 Å². The topological polar surface area (TPSA) is 65.9 Å². The Kier molecular flexibility index (Phi) is 4.23. The Balaban J connectivity index is 1.52. The maximum absolute atomic E-state index is 13.5. The molecule has 0 spiro atoms. The molecule has 5 heterocycles. The molecule has 1 aromatic carbocycles. The fourth-order valence-electron chi connectivity index (χ4n) is 5.52. The van der Waals surface area contributed by atoms with Crippen LogP contribution in [0.3, 0.4) is 0 Å². The molecule has 4 aliphatic heterocycles. The monoisotopic (exact) mass is 379 g/mol. The number of likely N-dealkylation sites (tertiary alicyclic amines) is 1. The first-order valence-electron chi connectivity index (χ1n) is 9.99. The van der Waals surface area contributed by atoms with E-state index in [1.165, 1.54) is 0 Å². The molecule has 2 aromatic rings. The molecule has 0 unspecified atom stereocenters. The number of phenols is 1. The van der Waals surface area contributed by atoms with Crippen molar-refractivity contribution >= 4 is 5.91 Å². The summed E-state index contributed by atoms with van der Waals surface area (Å²) in [5.74, 6) is 1.55. The Bertz CT molecular complexity index is 894. The predicted octanol–water partition coefficient (Wildman–Crippen LogP) is 2.50. The standard InChI is InChI=1S/C22H25N3O3/c1-28-19-12-16(5-8-23-19)22(27)25-13-18(15-3-2-4-17(26)11-15)21-20(25)14-6-9-24(21)10-7-14/h2-5,8,11-12,14,18,20-21,26H,6-7,9-10,13H2,1H3/t18-,20+,21+/m1/s1. The number of aromatic hydroxyl groups is 1. The van der Waals surface area contributed by atoms with E-state index in [9.17, 15) is 9.90 Å². The SMILES string of the molecule is COc1cc(C(=O)N2C[C@H](c3cccc(O)c3)[C@H]3[C@@H]2C2CCN3CC2)ccn1. The van der Waals surface area contributed by atoms with Gasteiger partial charge >= 0.3 is 0 Å². The Morgan fingerprint density at radius 1 is 1.18 bits per heavy atom. The number of phenolic OH excluding ortho intramolecular Hbond substituents is 1. The third-order valence-corrected chi connectivity index (χ3v) is 6.74. The number of carbonyl (C=O) groups excluding carboxylic acids is 1. The highest BCUT2D eigenvalue weighted by Gasteiger charge is 2.54. The van der Waals surface area contributed by atoms with Gasteiger partial charge in [0.15, 0.2) is 0 Å². The Morgan fingerprint density at radius 2 is 2.00 bits per heavy atom. The molecule has 146 valence electrons. The summed E-state index contributed by atoms with van der Waals surface area (Å²) in [6.07, 6.45) is 3.93. The highest BCUT2D eigenvalue weighted by molar-refractivity contribution is 5.95. The van der Waals surface area contributed by atoms with Gasteiger partial charge in [-0.2, -0.15) is 0 Å². The van der Waals surface area contributed by atoms with Gasteiger partial charge in [-0.15, -0.1) is 0 Å². The van der Waals surface area contributed by atoms with Gasteiger partial charge in [0, 0.05) is 36.3 Å². The number of carbonyl (C=O) groups is 1. The zero-order chi connectivity index (χ0) is 19.3. The predicted molar refractivity (Wildman–Crippen MR) is 105 cm³/mol. The Morgan fingerprint density at radius 3 is 2.75 bits per heavy atom. The minimum Gasteiger partial charge on any atom is -0.508 e. The van der Waals surface area contributed by atoms with Crippen molar-refractivity contribution < 1.29 is 14.6 Å². The van der Waals surface area contributed by atoms with Crippen molar-refractivity contribution in [1.29, 1.82) is 0 Å². The van der Waals surface area contributed by atoms with Crippen LogP contribution in [0.5, 0.6) is 11.6 Å². The molecular weight excluding hydrogens is 354 g/mol. The van der Waals surface area contributed by atoms with E-state index < -0.39 is 0 Å². The zero-order valence-electron chi connectivity index (χ0n) is 16.0.